The van der Waals surface area contributed by atoms with Crippen molar-refractivity contribution >= 4 is 19.9 Å². The maximum Gasteiger partial charge on any atom is 0.243 e. The zero-order valence-electron chi connectivity index (χ0n) is 20.5. The first-order valence-corrected chi connectivity index (χ1v) is 15.4. The average Bonchev–Trinajstić information content (AvgIpc) is 3.11. The Morgan fingerprint density at radius 2 is 1.63 bits per heavy atom. The molecule has 35 heavy (non-hydrogen) atoms. The number of benzene rings is 2. The second-order valence-corrected chi connectivity index (χ2v) is 13.3. The number of hydrogen-bond donors (Lipinski definition) is 0. The molecule has 2 heterocycles. The fraction of sp³-hybridized carbons (Fsp3) is 0.520. The third-order valence-corrected chi connectivity index (χ3v) is 10.1. The molecule has 0 aromatic heterocycles. The standard InChI is InChI=1S/C25H35N3O5S2/c1-33-23-8-5-9-24(19-23)35(31,32)28-14-6-13-27(17-18-28)22-11-15-26(16-12-22)20-21-7-3-4-10-25(21)34(2,29)30/h3-5,7-10,19,22H,6,11-18,20H2,1-2H3. The number of ether oxygens (including phenoxy) is 1. The van der Waals surface area contributed by atoms with E-state index in [9.17, 15) is 16.8 Å². The molecule has 2 aliphatic heterocycles. The molecule has 0 amide bonds. The van der Waals surface area contributed by atoms with Gasteiger partial charge in [0.15, 0.2) is 9.84 Å². The van der Waals surface area contributed by atoms with Gasteiger partial charge in [-0.25, -0.2) is 16.8 Å². The molecule has 0 N–H and O–H groups in total. The Morgan fingerprint density at radius 3 is 2.34 bits per heavy atom. The van der Waals surface area contributed by atoms with Gasteiger partial charge in [0.1, 0.15) is 5.75 Å². The summed E-state index contributed by atoms with van der Waals surface area (Å²) in [5.74, 6) is 0.536. The fourth-order valence-corrected chi connectivity index (χ4v) is 7.55. The predicted octanol–water partition coefficient (Wildman–Crippen LogP) is 2.46. The smallest absolute Gasteiger partial charge is 0.243 e. The van der Waals surface area contributed by atoms with Gasteiger partial charge in [0.2, 0.25) is 10.0 Å². The summed E-state index contributed by atoms with van der Waals surface area (Å²) >= 11 is 0. The van der Waals surface area contributed by atoms with Crippen molar-refractivity contribution in [2.75, 3.05) is 52.6 Å². The number of piperidine rings is 1. The monoisotopic (exact) mass is 521 g/mol. The lowest BCUT2D eigenvalue weighted by atomic mass is 10.0. The molecule has 0 saturated carbocycles. The highest BCUT2D eigenvalue weighted by Crippen LogP contribution is 2.25. The second-order valence-electron chi connectivity index (χ2n) is 9.36. The average molecular weight is 522 g/mol. The lowest BCUT2D eigenvalue weighted by Crippen LogP contribution is -2.46. The minimum atomic E-state index is -3.56. The summed E-state index contributed by atoms with van der Waals surface area (Å²) in [5.41, 5.74) is 0.849. The molecule has 8 nitrogen and oxygen atoms in total. The first kappa shape index (κ1) is 26.1. The summed E-state index contributed by atoms with van der Waals surface area (Å²) in [5, 5.41) is 0. The van der Waals surface area contributed by atoms with Gasteiger partial charge in [0, 0.05) is 44.5 Å². The van der Waals surface area contributed by atoms with Gasteiger partial charge in [0.05, 0.1) is 16.9 Å². The van der Waals surface area contributed by atoms with Crippen molar-refractivity contribution in [3.8, 4) is 5.75 Å². The molecule has 4 rings (SSSR count). The van der Waals surface area contributed by atoms with E-state index >= 15 is 0 Å². The van der Waals surface area contributed by atoms with Gasteiger partial charge in [0.25, 0.3) is 0 Å². The summed E-state index contributed by atoms with van der Waals surface area (Å²) in [7, 11) is -5.28. The molecule has 2 aromatic carbocycles. The van der Waals surface area contributed by atoms with Crippen LogP contribution in [0.1, 0.15) is 24.8 Å². The Kier molecular flexibility index (Phi) is 8.17. The molecular formula is C25H35N3O5S2. The van der Waals surface area contributed by atoms with Crippen LogP contribution >= 0.6 is 0 Å². The van der Waals surface area contributed by atoms with Gasteiger partial charge < -0.3 is 4.74 Å². The van der Waals surface area contributed by atoms with Crippen LogP contribution in [0.5, 0.6) is 5.75 Å². The normalized spacial score (nSPS) is 19.9. The summed E-state index contributed by atoms with van der Waals surface area (Å²) in [6.45, 7) is 4.99. The van der Waals surface area contributed by atoms with E-state index in [1.807, 2.05) is 12.1 Å². The highest BCUT2D eigenvalue weighted by atomic mass is 32.2. The van der Waals surface area contributed by atoms with Crippen LogP contribution in [0, 0.1) is 0 Å². The molecule has 0 atom stereocenters. The van der Waals surface area contributed by atoms with Crippen LogP contribution in [0.2, 0.25) is 0 Å². The van der Waals surface area contributed by atoms with E-state index < -0.39 is 19.9 Å². The summed E-state index contributed by atoms with van der Waals surface area (Å²) in [6, 6.07) is 14.3. The minimum absolute atomic E-state index is 0.271. The van der Waals surface area contributed by atoms with Gasteiger partial charge in [-0.15, -0.1) is 0 Å². The Labute approximate surface area is 209 Å². The van der Waals surface area contributed by atoms with Crippen molar-refractivity contribution in [3.05, 3.63) is 54.1 Å². The van der Waals surface area contributed by atoms with Crippen LogP contribution in [-0.4, -0.2) is 89.6 Å². The van der Waals surface area contributed by atoms with Crippen LogP contribution in [0.15, 0.2) is 58.3 Å². The molecule has 192 valence electrons. The molecule has 0 unspecified atom stereocenters. The van der Waals surface area contributed by atoms with Gasteiger partial charge in [-0.3, -0.25) is 9.80 Å². The SMILES string of the molecule is COc1cccc(S(=O)(=O)N2CCCN(C3CCN(Cc4ccccc4S(C)(=O)=O)CC3)CC2)c1. The Bertz CT molecular complexity index is 1230. The van der Waals surface area contributed by atoms with Crippen molar-refractivity contribution in [2.45, 2.75) is 41.6 Å². The zero-order chi connectivity index (χ0) is 25.1. The van der Waals surface area contributed by atoms with Crippen LogP contribution in [0.4, 0.5) is 0 Å². The van der Waals surface area contributed by atoms with E-state index in [0.29, 0.717) is 42.9 Å². The number of hydrogen-bond acceptors (Lipinski definition) is 7. The Morgan fingerprint density at radius 1 is 0.886 bits per heavy atom. The number of sulfonamides is 1. The summed E-state index contributed by atoms with van der Waals surface area (Å²) in [4.78, 5) is 5.43. The molecule has 10 heteroatoms. The number of nitrogens with zero attached hydrogens (tertiary/aromatic N) is 3. The maximum absolute atomic E-state index is 13.2. The Hall–Kier alpha value is -1.98. The fourth-order valence-electron chi connectivity index (χ4n) is 5.11. The van der Waals surface area contributed by atoms with E-state index in [4.69, 9.17) is 4.74 Å². The Balaban J connectivity index is 1.34. The van der Waals surface area contributed by atoms with Crippen LogP contribution in [0.25, 0.3) is 0 Å². The molecule has 2 aliphatic rings. The maximum atomic E-state index is 13.2. The molecule has 0 aliphatic carbocycles. The topological polar surface area (TPSA) is 87.2 Å². The van der Waals surface area contributed by atoms with Crippen LogP contribution < -0.4 is 4.74 Å². The molecule has 2 saturated heterocycles. The van der Waals surface area contributed by atoms with Crippen molar-refractivity contribution < 1.29 is 21.6 Å². The molecule has 0 spiro atoms. The van der Waals surface area contributed by atoms with Crippen LogP contribution in [-0.2, 0) is 26.4 Å². The molecular weight excluding hydrogens is 486 g/mol. The predicted molar refractivity (Wildman–Crippen MR) is 136 cm³/mol. The third kappa shape index (κ3) is 6.24. The van der Waals surface area contributed by atoms with Crippen molar-refractivity contribution in [3.63, 3.8) is 0 Å². The lowest BCUT2D eigenvalue weighted by molar-refractivity contribution is 0.108. The molecule has 0 radical (unpaired) electrons. The number of sulfone groups is 1. The molecule has 0 bridgehead atoms. The summed E-state index contributed by atoms with van der Waals surface area (Å²) < 4.78 is 57.5. The first-order valence-electron chi connectivity index (χ1n) is 12.1. The van der Waals surface area contributed by atoms with E-state index in [-0.39, 0.29) is 4.90 Å². The van der Waals surface area contributed by atoms with E-state index in [1.165, 1.54) is 13.4 Å². The van der Waals surface area contributed by atoms with Crippen LogP contribution in [0.3, 0.4) is 0 Å². The summed E-state index contributed by atoms with van der Waals surface area (Å²) in [6.07, 6.45) is 4.04. The quantitative estimate of drug-likeness (QED) is 0.553. The number of rotatable bonds is 7. The highest BCUT2D eigenvalue weighted by molar-refractivity contribution is 7.90. The van der Waals surface area contributed by atoms with E-state index in [2.05, 4.69) is 9.80 Å². The van der Waals surface area contributed by atoms with E-state index in [0.717, 1.165) is 44.5 Å². The number of likely N-dealkylation sites (tertiary alicyclic amines) is 1. The van der Waals surface area contributed by atoms with Crippen molar-refractivity contribution in [1.29, 1.82) is 0 Å². The lowest BCUT2D eigenvalue weighted by Gasteiger charge is -2.38. The largest absolute Gasteiger partial charge is 0.497 e. The highest BCUT2D eigenvalue weighted by Gasteiger charge is 2.31. The van der Waals surface area contributed by atoms with Crippen molar-refractivity contribution in [1.82, 2.24) is 14.1 Å². The molecule has 2 fully saturated rings. The minimum Gasteiger partial charge on any atom is -0.497 e. The second kappa shape index (κ2) is 11.0. The van der Waals surface area contributed by atoms with Crippen molar-refractivity contribution in [2.24, 2.45) is 0 Å². The third-order valence-electron chi connectivity index (χ3n) is 7.01. The zero-order valence-corrected chi connectivity index (χ0v) is 22.1. The number of methoxy groups -OCH3 is 1. The first-order chi connectivity index (χ1) is 16.7. The van der Waals surface area contributed by atoms with Gasteiger partial charge in [-0.2, -0.15) is 4.31 Å². The van der Waals surface area contributed by atoms with Gasteiger partial charge in [-0.05, 0) is 62.7 Å². The van der Waals surface area contributed by atoms with E-state index in [1.54, 1.807) is 40.7 Å². The molecule has 2 aromatic rings. The van der Waals surface area contributed by atoms with Gasteiger partial charge >= 0.3 is 0 Å². The van der Waals surface area contributed by atoms with Gasteiger partial charge in [-0.1, -0.05) is 24.3 Å².